The maximum atomic E-state index is 7.22. The number of hydrazone groups is 1. The van der Waals surface area contributed by atoms with Crippen LogP contribution in [0.5, 0.6) is 5.88 Å². The lowest BCUT2D eigenvalue weighted by Crippen LogP contribution is -2.14. The highest BCUT2D eigenvalue weighted by Crippen LogP contribution is 2.23. The standard InChI is InChI=1S/C10H14N6O/c1-4-13-16(5-2)10-14-7(6-11)8(12)9(15-10)17-3/h4-6,11H,2,12H2,1,3H3/b11-6?,13-4-. The minimum atomic E-state index is 0.201. The number of nitrogen functional groups attached to an aromatic ring is 1. The summed E-state index contributed by atoms with van der Waals surface area (Å²) in [5.74, 6) is 0.439. The number of methoxy groups -OCH3 is 1. The molecule has 0 aromatic carbocycles. The van der Waals surface area contributed by atoms with Crippen LogP contribution in [0.25, 0.3) is 0 Å². The molecule has 17 heavy (non-hydrogen) atoms. The molecule has 1 heterocycles. The summed E-state index contributed by atoms with van der Waals surface area (Å²) >= 11 is 0. The summed E-state index contributed by atoms with van der Waals surface area (Å²) in [5, 5.41) is 12.6. The number of nitrogens with zero attached hydrogens (tertiary/aromatic N) is 4. The zero-order valence-corrected chi connectivity index (χ0v) is 9.71. The Bertz CT molecular complexity index is 456. The molecular weight excluding hydrogens is 220 g/mol. The Morgan fingerprint density at radius 2 is 2.24 bits per heavy atom. The SMILES string of the molecule is C=CN(/N=C\C)c1nc(C=N)c(N)c(OC)n1. The average molecular weight is 234 g/mol. The normalized spacial score (nSPS) is 10.2. The van der Waals surface area contributed by atoms with E-state index in [1.807, 2.05) is 0 Å². The van der Waals surface area contributed by atoms with Gasteiger partial charge >= 0.3 is 0 Å². The minimum absolute atomic E-state index is 0.201. The van der Waals surface area contributed by atoms with Crippen molar-refractivity contribution >= 4 is 24.1 Å². The van der Waals surface area contributed by atoms with E-state index in [0.29, 0.717) is 0 Å². The van der Waals surface area contributed by atoms with E-state index in [2.05, 4.69) is 21.6 Å². The van der Waals surface area contributed by atoms with Gasteiger partial charge in [-0.1, -0.05) is 6.58 Å². The van der Waals surface area contributed by atoms with Crippen molar-refractivity contribution in [2.75, 3.05) is 17.9 Å². The van der Waals surface area contributed by atoms with Crippen LogP contribution in [0, 0.1) is 5.41 Å². The second-order valence-electron chi connectivity index (χ2n) is 2.88. The van der Waals surface area contributed by atoms with Gasteiger partial charge in [0, 0.05) is 18.6 Å². The molecule has 0 saturated heterocycles. The minimum Gasteiger partial charge on any atom is -0.479 e. The lowest BCUT2D eigenvalue weighted by Gasteiger charge is -2.14. The second kappa shape index (κ2) is 5.59. The zero-order chi connectivity index (χ0) is 12.8. The summed E-state index contributed by atoms with van der Waals surface area (Å²) < 4.78 is 5.01. The third kappa shape index (κ3) is 2.57. The molecule has 0 bridgehead atoms. The first-order valence-corrected chi connectivity index (χ1v) is 4.80. The Labute approximate surface area is 99.1 Å². The van der Waals surface area contributed by atoms with Crippen molar-refractivity contribution in [2.45, 2.75) is 6.92 Å². The van der Waals surface area contributed by atoms with Crippen molar-refractivity contribution in [3.8, 4) is 5.88 Å². The van der Waals surface area contributed by atoms with Crippen LogP contribution < -0.4 is 15.5 Å². The number of nitrogens with one attached hydrogen (secondary N) is 1. The van der Waals surface area contributed by atoms with Crippen LogP contribution >= 0.6 is 0 Å². The van der Waals surface area contributed by atoms with E-state index >= 15 is 0 Å². The lowest BCUT2D eigenvalue weighted by molar-refractivity contribution is 0.399. The van der Waals surface area contributed by atoms with Crippen LogP contribution in [0.3, 0.4) is 0 Å². The van der Waals surface area contributed by atoms with E-state index < -0.39 is 0 Å². The Morgan fingerprint density at radius 3 is 2.71 bits per heavy atom. The number of hydrogen-bond acceptors (Lipinski definition) is 7. The van der Waals surface area contributed by atoms with Crippen LogP contribution in [0.15, 0.2) is 17.9 Å². The summed E-state index contributed by atoms with van der Waals surface area (Å²) in [7, 11) is 1.44. The summed E-state index contributed by atoms with van der Waals surface area (Å²) in [6.07, 6.45) is 4.04. The number of anilines is 2. The van der Waals surface area contributed by atoms with Crippen LogP contribution in [-0.2, 0) is 0 Å². The van der Waals surface area contributed by atoms with Gasteiger partial charge in [-0.25, -0.2) is 9.99 Å². The highest BCUT2D eigenvalue weighted by Gasteiger charge is 2.13. The molecule has 1 aromatic heterocycles. The van der Waals surface area contributed by atoms with Gasteiger partial charge in [0.05, 0.1) is 7.11 Å². The van der Waals surface area contributed by atoms with Crippen molar-refractivity contribution in [1.29, 1.82) is 5.41 Å². The number of ether oxygens (including phenoxy) is 1. The van der Waals surface area contributed by atoms with E-state index in [-0.39, 0.29) is 23.2 Å². The molecule has 0 fully saturated rings. The van der Waals surface area contributed by atoms with Gasteiger partial charge in [-0.15, -0.1) is 0 Å². The first kappa shape index (κ1) is 12.6. The fraction of sp³-hybridized carbons (Fsp3) is 0.200. The Kier molecular flexibility index (Phi) is 4.15. The lowest BCUT2D eigenvalue weighted by atomic mass is 10.3. The van der Waals surface area contributed by atoms with Crippen LogP contribution in [0.1, 0.15) is 12.6 Å². The molecular formula is C10H14N6O. The van der Waals surface area contributed by atoms with Crippen molar-refractivity contribution in [3.05, 3.63) is 18.5 Å². The van der Waals surface area contributed by atoms with Gasteiger partial charge in [0.1, 0.15) is 11.4 Å². The van der Waals surface area contributed by atoms with Crippen molar-refractivity contribution in [2.24, 2.45) is 5.10 Å². The van der Waals surface area contributed by atoms with Crippen LogP contribution in [0.2, 0.25) is 0 Å². The highest BCUT2D eigenvalue weighted by molar-refractivity contribution is 5.84. The Hall–Kier alpha value is -2.44. The molecule has 0 radical (unpaired) electrons. The predicted octanol–water partition coefficient (Wildman–Crippen LogP) is 1.02. The fourth-order valence-corrected chi connectivity index (χ4v) is 1.13. The van der Waals surface area contributed by atoms with Gasteiger partial charge in [0.15, 0.2) is 0 Å². The van der Waals surface area contributed by atoms with E-state index in [0.717, 1.165) is 6.21 Å². The van der Waals surface area contributed by atoms with Gasteiger partial charge in [-0.2, -0.15) is 10.1 Å². The van der Waals surface area contributed by atoms with E-state index in [9.17, 15) is 0 Å². The molecule has 0 aliphatic rings. The highest BCUT2D eigenvalue weighted by atomic mass is 16.5. The largest absolute Gasteiger partial charge is 0.479 e. The number of hydrogen-bond donors (Lipinski definition) is 2. The quantitative estimate of drug-likeness (QED) is 0.585. The first-order chi connectivity index (χ1) is 8.17. The van der Waals surface area contributed by atoms with Crippen LogP contribution in [0.4, 0.5) is 11.6 Å². The second-order valence-corrected chi connectivity index (χ2v) is 2.88. The van der Waals surface area contributed by atoms with Gasteiger partial charge in [-0.3, -0.25) is 0 Å². The Balaban J connectivity index is 3.34. The maximum Gasteiger partial charge on any atom is 0.254 e. The molecule has 1 rings (SSSR count). The molecule has 0 unspecified atom stereocenters. The number of aromatic nitrogens is 2. The molecule has 1 aromatic rings. The summed E-state index contributed by atoms with van der Waals surface area (Å²) in [6, 6.07) is 0. The molecule has 7 nitrogen and oxygen atoms in total. The van der Waals surface area contributed by atoms with Gasteiger partial charge in [0.2, 0.25) is 5.88 Å². The van der Waals surface area contributed by atoms with E-state index in [4.69, 9.17) is 15.9 Å². The van der Waals surface area contributed by atoms with Gasteiger partial charge < -0.3 is 15.9 Å². The number of nitrogens with two attached hydrogens (primary N) is 1. The van der Waals surface area contributed by atoms with Crippen molar-refractivity contribution < 1.29 is 4.74 Å². The summed E-state index contributed by atoms with van der Waals surface area (Å²) in [6.45, 7) is 5.34. The summed E-state index contributed by atoms with van der Waals surface area (Å²) in [4.78, 5) is 8.14. The molecule has 0 aliphatic heterocycles. The molecule has 0 atom stereocenters. The molecule has 0 spiro atoms. The monoisotopic (exact) mass is 234 g/mol. The van der Waals surface area contributed by atoms with Gasteiger partial charge in [0.25, 0.3) is 5.95 Å². The zero-order valence-electron chi connectivity index (χ0n) is 9.71. The molecule has 90 valence electrons. The maximum absolute atomic E-state index is 7.22. The average Bonchev–Trinajstić information content (AvgIpc) is 2.36. The van der Waals surface area contributed by atoms with E-state index in [1.54, 1.807) is 13.1 Å². The fourth-order valence-electron chi connectivity index (χ4n) is 1.13. The predicted molar refractivity (Wildman–Crippen MR) is 67.7 cm³/mol. The van der Waals surface area contributed by atoms with Crippen LogP contribution in [-0.4, -0.2) is 29.5 Å². The smallest absolute Gasteiger partial charge is 0.254 e. The molecule has 0 saturated carbocycles. The summed E-state index contributed by atoms with van der Waals surface area (Å²) in [5.41, 5.74) is 6.19. The molecule has 0 aliphatic carbocycles. The van der Waals surface area contributed by atoms with Crippen molar-refractivity contribution in [3.63, 3.8) is 0 Å². The number of rotatable bonds is 5. The third-order valence-electron chi connectivity index (χ3n) is 1.88. The Morgan fingerprint density at radius 1 is 1.53 bits per heavy atom. The third-order valence-corrected chi connectivity index (χ3v) is 1.88. The molecule has 0 amide bonds. The van der Waals surface area contributed by atoms with Crippen molar-refractivity contribution in [1.82, 2.24) is 9.97 Å². The van der Waals surface area contributed by atoms with E-state index in [1.165, 1.54) is 18.3 Å². The van der Waals surface area contributed by atoms with Gasteiger partial charge in [-0.05, 0) is 6.92 Å². The topological polar surface area (TPSA) is 100 Å². The molecule has 3 N–H and O–H groups in total. The molecule has 7 heteroatoms. The first-order valence-electron chi connectivity index (χ1n) is 4.80.